The maximum atomic E-state index is 12.2. The minimum Gasteiger partial charge on any atom is -0.397 e. The molecule has 1 aromatic carbocycles. The number of hydrogen-bond acceptors (Lipinski definition) is 3. The maximum absolute atomic E-state index is 12.2. The number of nitrogens with two attached hydrogens (primary N) is 1. The number of anilines is 1. The molecule has 1 amide bonds. The number of nitrogens with zero attached hydrogens (tertiary/aromatic N) is 1. The van der Waals surface area contributed by atoms with Gasteiger partial charge in [-0.3, -0.25) is 4.79 Å². The monoisotopic (exact) mass is 253 g/mol. The summed E-state index contributed by atoms with van der Waals surface area (Å²) in [6, 6.07) is 11.7. The molecule has 0 radical (unpaired) electrons. The Kier molecular flexibility index (Phi) is 2.91. The Hall–Kier alpha value is -2.36. The smallest absolute Gasteiger partial charge is 0.272 e. The van der Waals surface area contributed by atoms with E-state index in [4.69, 9.17) is 5.73 Å². The van der Waals surface area contributed by atoms with Crippen LogP contribution in [-0.4, -0.2) is 10.9 Å². The summed E-state index contributed by atoms with van der Waals surface area (Å²) in [7, 11) is 0. The van der Waals surface area contributed by atoms with E-state index in [0.29, 0.717) is 11.4 Å². The fraction of sp³-hybridized carbons (Fsp3) is 0.200. The first-order valence-corrected chi connectivity index (χ1v) is 6.35. The third kappa shape index (κ3) is 2.17. The molecule has 2 aromatic rings. The molecule has 1 heterocycles. The van der Waals surface area contributed by atoms with Crippen LogP contribution in [-0.2, 0) is 6.42 Å². The molecule has 0 saturated heterocycles. The number of aromatic nitrogens is 1. The lowest BCUT2D eigenvalue weighted by Crippen LogP contribution is -2.28. The van der Waals surface area contributed by atoms with Gasteiger partial charge >= 0.3 is 0 Å². The fourth-order valence-electron chi connectivity index (χ4n) is 2.54. The highest BCUT2D eigenvalue weighted by Gasteiger charge is 2.24. The summed E-state index contributed by atoms with van der Waals surface area (Å²) in [5.41, 5.74) is 8.98. The SMILES string of the molecule is Nc1cccnc1C(=O)NC1CCc2ccccc21. The van der Waals surface area contributed by atoms with Gasteiger partial charge in [-0.15, -0.1) is 0 Å². The molecule has 3 N–H and O–H groups in total. The summed E-state index contributed by atoms with van der Waals surface area (Å²) < 4.78 is 0. The molecule has 19 heavy (non-hydrogen) atoms. The zero-order valence-electron chi connectivity index (χ0n) is 10.5. The third-order valence-electron chi connectivity index (χ3n) is 3.49. The summed E-state index contributed by atoms with van der Waals surface area (Å²) in [6.45, 7) is 0. The largest absolute Gasteiger partial charge is 0.397 e. The van der Waals surface area contributed by atoms with Gasteiger partial charge in [-0.2, -0.15) is 0 Å². The van der Waals surface area contributed by atoms with Crippen LogP contribution in [0.4, 0.5) is 5.69 Å². The Morgan fingerprint density at radius 3 is 2.95 bits per heavy atom. The molecule has 1 aliphatic rings. The van der Waals surface area contributed by atoms with Gasteiger partial charge in [-0.05, 0) is 36.1 Å². The maximum Gasteiger partial charge on any atom is 0.272 e. The van der Waals surface area contributed by atoms with E-state index in [9.17, 15) is 4.79 Å². The predicted octanol–water partition coefficient (Wildman–Crippen LogP) is 2.08. The number of nitrogen functional groups attached to an aromatic ring is 1. The first kappa shape index (κ1) is 11.7. The summed E-state index contributed by atoms with van der Waals surface area (Å²) in [5, 5.41) is 3.01. The Labute approximate surface area is 111 Å². The van der Waals surface area contributed by atoms with E-state index in [1.165, 1.54) is 11.1 Å². The molecule has 96 valence electrons. The van der Waals surface area contributed by atoms with E-state index >= 15 is 0 Å². The minimum absolute atomic E-state index is 0.0603. The average molecular weight is 253 g/mol. The standard InChI is InChI=1S/C15H15N3O/c16-12-6-3-9-17-14(12)15(19)18-13-8-7-10-4-1-2-5-11(10)13/h1-6,9,13H,7-8,16H2,(H,18,19). The lowest BCUT2D eigenvalue weighted by atomic mass is 10.1. The molecule has 1 unspecified atom stereocenters. The molecule has 3 rings (SSSR count). The molecule has 0 aliphatic heterocycles. The average Bonchev–Trinajstić information content (AvgIpc) is 2.83. The van der Waals surface area contributed by atoms with E-state index in [0.717, 1.165) is 12.8 Å². The molecule has 4 nitrogen and oxygen atoms in total. The quantitative estimate of drug-likeness (QED) is 0.861. The fourth-order valence-corrected chi connectivity index (χ4v) is 2.54. The van der Waals surface area contributed by atoms with Gasteiger partial charge in [0.2, 0.25) is 0 Å². The number of aryl methyl sites for hydroxylation is 1. The topological polar surface area (TPSA) is 68.0 Å². The van der Waals surface area contributed by atoms with Crippen LogP contribution in [0, 0.1) is 0 Å². The van der Waals surface area contributed by atoms with E-state index in [1.54, 1.807) is 18.3 Å². The van der Waals surface area contributed by atoms with Crippen LogP contribution in [0.1, 0.15) is 34.1 Å². The van der Waals surface area contributed by atoms with Gasteiger partial charge in [-0.1, -0.05) is 24.3 Å². The van der Waals surface area contributed by atoms with Crippen molar-refractivity contribution in [1.29, 1.82) is 0 Å². The Morgan fingerprint density at radius 2 is 2.11 bits per heavy atom. The Morgan fingerprint density at radius 1 is 1.26 bits per heavy atom. The highest BCUT2D eigenvalue weighted by molar-refractivity contribution is 5.97. The lowest BCUT2D eigenvalue weighted by Gasteiger charge is -2.14. The van der Waals surface area contributed by atoms with Gasteiger partial charge in [-0.25, -0.2) is 4.98 Å². The lowest BCUT2D eigenvalue weighted by molar-refractivity contribution is 0.0932. The second kappa shape index (κ2) is 4.72. The van der Waals surface area contributed by atoms with Gasteiger partial charge in [0.25, 0.3) is 5.91 Å². The van der Waals surface area contributed by atoms with Crippen LogP contribution in [0.15, 0.2) is 42.6 Å². The molecule has 0 spiro atoms. The molecule has 4 heteroatoms. The van der Waals surface area contributed by atoms with Crippen molar-refractivity contribution in [3.8, 4) is 0 Å². The van der Waals surface area contributed by atoms with Crippen LogP contribution < -0.4 is 11.1 Å². The Bertz CT molecular complexity index is 624. The van der Waals surface area contributed by atoms with Crippen molar-refractivity contribution < 1.29 is 4.79 Å². The van der Waals surface area contributed by atoms with Gasteiger partial charge in [0, 0.05) is 6.20 Å². The number of hydrogen-bond donors (Lipinski definition) is 2. The first-order chi connectivity index (χ1) is 9.25. The molecule has 0 fully saturated rings. The molecule has 1 aliphatic carbocycles. The minimum atomic E-state index is -0.209. The number of rotatable bonds is 2. The van der Waals surface area contributed by atoms with Crippen LogP contribution in [0.3, 0.4) is 0 Å². The Balaban J connectivity index is 1.81. The summed E-state index contributed by atoms with van der Waals surface area (Å²) in [4.78, 5) is 16.2. The number of fused-ring (bicyclic) bond motifs is 1. The van der Waals surface area contributed by atoms with E-state index < -0.39 is 0 Å². The normalized spacial score (nSPS) is 16.9. The van der Waals surface area contributed by atoms with Gasteiger partial charge in [0.1, 0.15) is 0 Å². The molecule has 1 aromatic heterocycles. The number of benzene rings is 1. The van der Waals surface area contributed by atoms with Gasteiger partial charge in [0.15, 0.2) is 5.69 Å². The van der Waals surface area contributed by atoms with Crippen molar-refractivity contribution in [2.75, 3.05) is 5.73 Å². The van der Waals surface area contributed by atoms with Crippen molar-refractivity contribution in [3.63, 3.8) is 0 Å². The van der Waals surface area contributed by atoms with Crippen molar-refractivity contribution >= 4 is 11.6 Å². The zero-order valence-corrected chi connectivity index (χ0v) is 10.5. The number of carbonyl (C=O) groups is 1. The van der Waals surface area contributed by atoms with E-state index in [2.05, 4.69) is 22.4 Å². The molecule has 0 saturated carbocycles. The number of pyridine rings is 1. The number of carbonyl (C=O) groups excluding carboxylic acids is 1. The highest BCUT2D eigenvalue weighted by atomic mass is 16.2. The van der Waals surface area contributed by atoms with Crippen LogP contribution in [0.25, 0.3) is 0 Å². The van der Waals surface area contributed by atoms with E-state index in [-0.39, 0.29) is 11.9 Å². The third-order valence-corrected chi connectivity index (χ3v) is 3.49. The van der Waals surface area contributed by atoms with Crippen LogP contribution >= 0.6 is 0 Å². The summed E-state index contributed by atoms with van der Waals surface area (Å²) in [5.74, 6) is -0.209. The summed E-state index contributed by atoms with van der Waals surface area (Å²) in [6.07, 6.45) is 3.50. The van der Waals surface area contributed by atoms with Crippen LogP contribution in [0.2, 0.25) is 0 Å². The molecule has 1 atom stereocenters. The van der Waals surface area contributed by atoms with E-state index in [1.807, 2.05) is 12.1 Å². The molecular formula is C15H15N3O. The van der Waals surface area contributed by atoms with Crippen LogP contribution in [0.5, 0.6) is 0 Å². The van der Waals surface area contributed by atoms with Crippen molar-refractivity contribution in [3.05, 3.63) is 59.4 Å². The van der Waals surface area contributed by atoms with Crippen molar-refractivity contribution in [2.24, 2.45) is 0 Å². The van der Waals surface area contributed by atoms with Gasteiger partial charge in [0.05, 0.1) is 11.7 Å². The van der Waals surface area contributed by atoms with Gasteiger partial charge < -0.3 is 11.1 Å². The molecular weight excluding hydrogens is 238 g/mol. The van der Waals surface area contributed by atoms with Crippen molar-refractivity contribution in [1.82, 2.24) is 10.3 Å². The van der Waals surface area contributed by atoms with Crippen molar-refractivity contribution in [2.45, 2.75) is 18.9 Å². The number of nitrogens with one attached hydrogen (secondary N) is 1. The predicted molar refractivity (Wildman–Crippen MR) is 73.6 cm³/mol. The second-order valence-electron chi connectivity index (χ2n) is 4.70. The zero-order chi connectivity index (χ0) is 13.2. The first-order valence-electron chi connectivity index (χ1n) is 6.35. The second-order valence-corrected chi connectivity index (χ2v) is 4.70. The highest BCUT2D eigenvalue weighted by Crippen LogP contribution is 2.30. The molecule has 0 bridgehead atoms. The number of amides is 1. The summed E-state index contributed by atoms with van der Waals surface area (Å²) >= 11 is 0.